The van der Waals surface area contributed by atoms with Crippen LogP contribution in [0.1, 0.15) is 19.8 Å². The summed E-state index contributed by atoms with van der Waals surface area (Å²) in [5.41, 5.74) is 0.762. The van der Waals surface area contributed by atoms with Crippen molar-refractivity contribution >= 4 is 16.5 Å². The van der Waals surface area contributed by atoms with E-state index in [1.165, 1.54) is 23.5 Å². The van der Waals surface area contributed by atoms with Gasteiger partial charge in [0, 0.05) is 18.7 Å². The Balaban J connectivity index is 2.12. The molecule has 118 valence electrons. The van der Waals surface area contributed by atoms with Gasteiger partial charge in [-0.2, -0.15) is 0 Å². The SMILES string of the molecule is C=CCNCN(CCCC)c1nnc(-c2cccc(F)c2)s1. The maximum Gasteiger partial charge on any atom is 0.209 e. The summed E-state index contributed by atoms with van der Waals surface area (Å²) in [6.45, 7) is 8.22. The van der Waals surface area contributed by atoms with Crippen molar-refractivity contribution in [1.82, 2.24) is 15.5 Å². The lowest BCUT2D eigenvalue weighted by molar-refractivity contribution is 0.628. The molecule has 1 aromatic heterocycles. The van der Waals surface area contributed by atoms with Crippen LogP contribution in [0.3, 0.4) is 0 Å². The molecule has 6 heteroatoms. The van der Waals surface area contributed by atoms with E-state index in [1.54, 1.807) is 6.07 Å². The molecule has 2 rings (SSSR count). The highest BCUT2D eigenvalue weighted by Crippen LogP contribution is 2.28. The molecular weight excluding hydrogens is 299 g/mol. The average Bonchev–Trinajstić information content (AvgIpc) is 3.00. The third-order valence-electron chi connectivity index (χ3n) is 3.13. The summed E-state index contributed by atoms with van der Waals surface area (Å²) in [6, 6.07) is 6.45. The molecule has 0 atom stereocenters. The summed E-state index contributed by atoms with van der Waals surface area (Å²) in [7, 11) is 0. The number of hydrogen-bond acceptors (Lipinski definition) is 5. The number of anilines is 1. The van der Waals surface area contributed by atoms with Crippen LogP contribution in [0.5, 0.6) is 0 Å². The van der Waals surface area contributed by atoms with Crippen molar-refractivity contribution in [3.05, 3.63) is 42.7 Å². The predicted molar refractivity (Wildman–Crippen MR) is 90.6 cm³/mol. The van der Waals surface area contributed by atoms with Crippen LogP contribution >= 0.6 is 11.3 Å². The molecule has 0 radical (unpaired) electrons. The Labute approximate surface area is 134 Å². The van der Waals surface area contributed by atoms with E-state index < -0.39 is 0 Å². The number of nitrogens with zero attached hydrogens (tertiary/aromatic N) is 3. The normalized spacial score (nSPS) is 10.6. The molecule has 0 unspecified atom stereocenters. The minimum absolute atomic E-state index is 0.260. The highest BCUT2D eigenvalue weighted by atomic mass is 32.1. The van der Waals surface area contributed by atoms with Gasteiger partial charge in [0.2, 0.25) is 5.13 Å². The molecule has 0 bridgehead atoms. The van der Waals surface area contributed by atoms with Gasteiger partial charge < -0.3 is 4.90 Å². The molecule has 0 fully saturated rings. The van der Waals surface area contributed by atoms with Crippen molar-refractivity contribution in [2.24, 2.45) is 0 Å². The fraction of sp³-hybridized carbons (Fsp3) is 0.375. The standard InChI is InChI=1S/C16H21FN4S/c1-3-5-10-21(12-18-9-4-2)16-20-19-15(22-16)13-7-6-8-14(17)11-13/h4,6-8,11,18H,2-3,5,9-10,12H2,1H3. The van der Waals surface area contributed by atoms with Crippen LogP contribution < -0.4 is 10.2 Å². The lowest BCUT2D eigenvalue weighted by Gasteiger charge is -2.21. The maximum atomic E-state index is 13.3. The second-order valence-electron chi connectivity index (χ2n) is 4.92. The summed E-state index contributed by atoms with van der Waals surface area (Å²) in [6.07, 6.45) is 4.04. The van der Waals surface area contributed by atoms with Gasteiger partial charge in [-0.05, 0) is 18.6 Å². The second-order valence-corrected chi connectivity index (χ2v) is 5.87. The number of aromatic nitrogens is 2. The first-order valence-corrected chi connectivity index (χ1v) is 8.22. The van der Waals surface area contributed by atoms with Crippen molar-refractivity contribution in [3.8, 4) is 10.6 Å². The summed E-state index contributed by atoms with van der Waals surface area (Å²) < 4.78 is 13.3. The van der Waals surface area contributed by atoms with Gasteiger partial charge in [-0.3, -0.25) is 5.32 Å². The summed E-state index contributed by atoms with van der Waals surface area (Å²) in [5, 5.41) is 13.3. The third kappa shape index (κ3) is 4.61. The maximum absolute atomic E-state index is 13.3. The molecule has 1 aromatic carbocycles. The fourth-order valence-electron chi connectivity index (χ4n) is 1.97. The quantitative estimate of drug-likeness (QED) is 0.435. The number of nitrogens with one attached hydrogen (secondary N) is 1. The van der Waals surface area contributed by atoms with E-state index in [0.29, 0.717) is 6.67 Å². The average molecular weight is 320 g/mol. The van der Waals surface area contributed by atoms with Gasteiger partial charge in [-0.15, -0.1) is 16.8 Å². The molecule has 0 spiro atoms. The topological polar surface area (TPSA) is 41.0 Å². The third-order valence-corrected chi connectivity index (χ3v) is 4.16. The molecule has 0 aliphatic heterocycles. The first-order chi connectivity index (χ1) is 10.7. The van der Waals surface area contributed by atoms with E-state index in [1.807, 2.05) is 12.1 Å². The zero-order valence-corrected chi connectivity index (χ0v) is 13.6. The molecular formula is C16H21FN4S. The molecule has 0 saturated carbocycles. The van der Waals surface area contributed by atoms with Crippen molar-refractivity contribution < 1.29 is 4.39 Å². The Morgan fingerprint density at radius 2 is 2.27 bits per heavy atom. The zero-order chi connectivity index (χ0) is 15.8. The highest BCUT2D eigenvalue weighted by Gasteiger charge is 2.13. The van der Waals surface area contributed by atoms with E-state index in [4.69, 9.17) is 0 Å². The Kier molecular flexibility index (Phi) is 6.48. The summed E-state index contributed by atoms with van der Waals surface area (Å²) in [5.74, 6) is -0.260. The lowest BCUT2D eigenvalue weighted by atomic mass is 10.2. The first kappa shape index (κ1) is 16.6. The van der Waals surface area contributed by atoms with E-state index in [0.717, 1.165) is 41.6 Å². The van der Waals surface area contributed by atoms with E-state index >= 15 is 0 Å². The largest absolute Gasteiger partial charge is 0.334 e. The van der Waals surface area contributed by atoms with Gasteiger partial charge in [-0.25, -0.2) is 4.39 Å². The van der Waals surface area contributed by atoms with Crippen LogP contribution in [-0.2, 0) is 0 Å². The second kappa shape index (κ2) is 8.60. The molecule has 0 amide bonds. The first-order valence-electron chi connectivity index (χ1n) is 7.40. The van der Waals surface area contributed by atoms with E-state index in [2.05, 4.69) is 33.9 Å². The number of unbranched alkanes of at least 4 members (excludes halogenated alkanes) is 1. The minimum Gasteiger partial charge on any atom is -0.334 e. The van der Waals surface area contributed by atoms with Crippen LogP contribution in [-0.4, -0.2) is 30.0 Å². The van der Waals surface area contributed by atoms with Crippen LogP contribution in [0.4, 0.5) is 9.52 Å². The molecule has 1 heterocycles. The number of benzene rings is 1. The lowest BCUT2D eigenvalue weighted by Crippen LogP contribution is -2.35. The van der Waals surface area contributed by atoms with E-state index in [9.17, 15) is 4.39 Å². The molecule has 0 saturated heterocycles. The fourth-order valence-corrected chi connectivity index (χ4v) is 2.84. The molecule has 22 heavy (non-hydrogen) atoms. The van der Waals surface area contributed by atoms with Gasteiger partial charge in [0.25, 0.3) is 0 Å². The molecule has 0 aliphatic carbocycles. The van der Waals surface area contributed by atoms with Gasteiger partial charge in [0.05, 0.1) is 6.67 Å². The Bertz CT molecular complexity index is 599. The molecule has 4 nitrogen and oxygen atoms in total. The Hall–Kier alpha value is -1.79. The number of halogens is 1. The van der Waals surface area contributed by atoms with E-state index in [-0.39, 0.29) is 5.82 Å². The number of rotatable bonds is 9. The number of hydrogen-bond donors (Lipinski definition) is 1. The molecule has 2 aromatic rings. The monoisotopic (exact) mass is 320 g/mol. The van der Waals surface area contributed by atoms with Crippen LogP contribution in [0.25, 0.3) is 10.6 Å². The van der Waals surface area contributed by atoms with Crippen molar-refractivity contribution in [2.75, 3.05) is 24.7 Å². The van der Waals surface area contributed by atoms with Crippen LogP contribution in [0.15, 0.2) is 36.9 Å². The van der Waals surface area contributed by atoms with Crippen LogP contribution in [0, 0.1) is 5.82 Å². The molecule has 0 aliphatic rings. The predicted octanol–water partition coefficient (Wildman–Crippen LogP) is 3.68. The zero-order valence-electron chi connectivity index (χ0n) is 12.8. The smallest absolute Gasteiger partial charge is 0.209 e. The van der Waals surface area contributed by atoms with Gasteiger partial charge in [0.1, 0.15) is 10.8 Å². The summed E-state index contributed by atoms with van der Waals surface area (Å²) in [4.78, 5) is 2.16. The Morgan fingerprint density at radius 1 is 1.41 bits per heavy atom. The summed E-state index contributed by atoms with van der Waals surface area (Å²) >= 11 is 1.48. The van der Waals surface area contributed by atoms with Gasteiger partial charge in [-0.1, -0.05) is 42.9 Å². The van der Waals surface area contributed by atoms with Crippen LogP contribution in [0.2, 0.25) is 0 Å². The van der Waals surface area contributed by atoms with Crippen molar-refractivity contribution in [2.45, 2.75) is 19.8 Å². The van der Waals surface area contributed by atoms with Gasteiger partial charge >= 0.3 is 0 Å². The Morgan fingerprint density at radius 3 is 3.00 bits per heavy atom. The minimum atomic E-state index is -0.260. The highest BCUT2D eigenvalue weighted by molar-refractivity contribution is 7.18. The van der Waals surface area contributed by atoms with Crippen molar-refractivity contribution in [3.63, 3.8) is 0 Å². The molecule has 1 N–H and O–H groups in total. The van der Waals surface area contributed by atoms with Gasteiger partial charge in [0.15, 0.2) is 0 Å². The van der Waals surface area contributed by atoms with Crippen molar-refractivity contribution in [1.29, 1.82) is 0 Å².